The van der Waals surface area contributed by atoms with E-state index in [4.69, 9.17) is 0 Å². The van der Waals surface area contributed by atoms with Gasteiger partial charge in [-0.2, -0.15) is 0 Å². The summed E-state index contributed by atoms with van der Waals surface area (Å²) < 4.78 is 15.1. The van der Waals surface area contributed by atoms with Crippen molar-refractivity contribution in [2.24, 2.45) is 7.05 Å². The molecule has 3 nitrogen and oxygen atoms in total. The molecule has 1 aromatic heterocycles. The minimum atomic E-state index is -0.296. The van der Waals surface area contributed by atoms with Crippen molar-refractivity contribution < 1.29 is 9.50 Å². The average Bonchev–Trinajstić information content (AvgIpc) is 2.70. The third-order valence-corrected chi connectivity index (χ3v) is 3.24. The smallest absolute Gasteiger partial charge is 0.144 e. The Morgan fingerprint density at radius 2 is 1.95 bits per heavy atom. The van der Waals surface area contributed by atoms with Crippen molar-refractivity contribution in [1.82, 2.24) is 9.55 Å². The van der Waals surface area contributed by atoms with Crippen molar-refractivity contribution >= 4 is 11.0 Å². The topological polar surface area (TPSA) is 38.1 Å². The Morgan fingerprint density at radius 1 is 1.16 bits per heavy atom. The first-order valence-corrected chi connectivity index (χ1v) is 5.98. The van der Waals surface area contributed by atoms with Gasteiger partial charge in [-0.15, -0.1) is 0 Å². The monoisotopic (exact) mass is 256 g/mol. The van der Waals surface area contributed by atoms with Crippen LogP contribution in [-0.4, -0.2) is 14.7 Å². The molecule has 0 amide bonds. The normalized spacial score (nSPS) is 11.1. The molecular weight excluding hydrogens is 243 g/mol. The number of aryl methyl sites for hydroxylation is 2. The van der Waals surface area contributed by atoms with Crippen LogP contribution in [0.4, 0.5) is 4.39 Å². The first kappa shape index (κ1) is 11.7. The van der Waals surface area contributed by atoms with Gasteiger partial charge in [-0.3, -0.25) is 0 Å². The van der Waals surface area contributed by atoms with Crippen LogP contribution in [0.25, 0.3) is 22.4 Å². The van der Waals surface area contributed by atoms with Gasteiger partial charge < -0.3 is 9.67 Å². The van der Waals surface area contributed by atoms with E-state index in [2.05, 4.69) is 4.98 Å². The molecule has 0 fully saturated rings. The summed E-state index contributed by atoms with van der Waals surface area (Å²) in [6.07, 6.45) is 0. The molecular formula is C15H13FN2O. The summed E-state index contributed by atoms with van der Waals surface area (Å²) in [6.45, 7) is 1.95. The highest BCUT2D eigenvalue weighted by Crippen LogP contribution is 2.31. The summed E-state index contributed by atoms with van der Waals surface area (Å²) in [5.41, 5.74) is 3.10. The number of imidazole rings is 1. The highest BCUT2D eigenvalue weighted by Gasteiger charge is 2.13. The largest absolute Gasteiger partial charge is 0.507 e. The van der Waals surface area contributed by atoms with E-state index < -0.39 is 0 Å². The lowest BCUT2D eigenvalue weighted by Gasteiger charge is -2.06. The number of nitrogens with zero attached hydrogens (tertiary/aromatic N) is 2. The molecule has 0 radical (unpaired) electrons. The zero-order valence-electron chi connectivity index (χ0n) is 10.7. The van der Waals surface area contributed by atoms with E-state index in [1.165, 1.54) is 12.1 Å². The molecule has 1 N–H and O–H groups in total. The second-order valence-electron chi connectivity index (χ2n) is 4.65. The van der Waals surface area contributed by atoms with E-state index in [-0.39, 0.29) is 11.6 Å². The molecule has 4 heteroatoms. The Kier molecular flexibility index (Phi) is 2.52. The number of hydrogen-bond acceptors (Lipinski definition) is 2. The number of rotatable bonds is 1. The van der Waals surface area contributed by atoms with Crippen LogP contribution in [0.2, 0.25) is 0 Å². The van der Waals surface area contributed by atoms with Crippen molar-refractivity contribution in [2.75, 3.05) is 0 Å². The van der Waals surface area contributed by atoms with Crippen molar-refractivity contribution in [1.29, 1.82) is 0 Å². The summed E-state index contributed by atoms with van der Waals surface area (Å²) in [5.74, 6) is 0.502. The lowest BCUT2D eigenvalue weighted by Crippen LogP contribution is -1.93. The number of fused-ring (bicyclic) bond motifs is 1. The van der Waals surface area contributed by atoms with Crippen LogP contribution >= 0.6 is 0 Å². The molecule has 3 rings (SSSR count). The molecule has 1 heterocycles. The summed E-state index contributed by atoms with van der Waals surface area (Å²) in [7, 11) is 1.81. The Bertz CT molecular complexity index is 777. The van der Waals surface area contributed by atoms with Crippen molar-refractivity contribution in [3.8, 4) is 17.1 Å². The van der Waals surface area contributed by atoms with Crippen molar-refractivity contribution in [3.05, 3.63) is 47.8 Å². The van der Waals surface area contributed by atoms with Crippen molar-refractivity contribution in [2.45, 2.75) is 6.92 Å². The molecule has 96 valence electrons. The summed E-state index contributed by atoms with van der Waals surface area (Å²) in [4.78, 5) is 4.46. The van der Waals surface area contributed by atoms with E-state index in [1.54, 1.807) is 16.7 Å². The van der Waals surface area contributed by atoms with E-state index in [1.807, 2.05) is 26.1 Å². The molecule has 0 aliphatic carbocycles. The van der Waals surface area contributed by atoms with Gasteiger partial charge in [0.05, 0.1) is 16.6 Å². The molecule has 0 atom stereocenters. The Labute approximate surface area is 109 Å². The first-order valence-electron chi connectivity index (χ1n) is 5.98. The molecule has 0 bridgehead atoms. The summed E-state index contributed by atoms with van der Waals surface area (Å²) in [6, 6.07) is 9.81. The lowest BCUT2D eigenvalue weighted by atomic mass is 10.1. The van der Waals surface area contributed by atoms with Gasteiger partial charge in [-0.1, -0.05) is 11.6 Å². The quantitative estimate of drug-likeness (QED) is 0.724. The predicted octanol–water partition coefficient (Wildman–Crippen LogP) is 3.39. The highest BCUT2D eigenvalue weighted by atomic mass is 19.1. The molecule has 0 saturated carbocycles. The van der Waals surface area contributed by atoms with Gasteiger partial charge in [0.1, 0.15) is 17.4 Å². The van der Waals surface area contributed by atoms with Crippen LogP contribution in [-0.2, 0) is 7.05 Å². The number of hydrogen-bond donors (Lipinski definition) is 1. The minimum absolute atomic E-state index is 0.171. The van der Waals surface area contributed by atoms with Crippen LogP contribution in [0.5, 0.6) is 5.75 Å². The third kappa shape index (κ3) is 1.85. The van der Waals surface area contributed by atoms with Crippen LogP contribution < -0.4 is 0 Å². The molecule has 0 aliphatic heterocycles. The fourth-order valence-electron chi connectivity index (χ4n) is 2.23. The molecule has 19 heavy (non-hydrogen) atoms. The Hall–Kier alpha value is -2.36. The second kappa shape index (κ2) is 4.09. The second-order valence-corrected chi connectivity index (χ2v) is 4.65. The SMILES string of the molecule is Cc1ccc(O)c(-c2nc3ccc(F)cc3n2C)c1. The van der Waals surface area contributed by atoms with Crippen molar-refractivity contribution in [3.63, 3.8) is 0 Å². The van der Waals surface area contributed by atoms with E-state index >= 15 is 0 Å². The standard InChI is InChI=1S/C15H13FN2O/c1-9-3-6-14(19)11(7-9)15-17-12-5-4-10(16)8-13(12)18(15)2/h3-8,19H,1-2H3. The van der Waals surface area contributed by atoms with Gasteiger partial charge in [0.25, 0.3) is 0 Å². The zero-order valence-corrected chi connectivity index (χ0v) is 10.7. The number of halogens is 1. The lowest BCUT2D eigenvalue weighted by molar-refractivity contribution is 0.476. The molecule has 3 aromatic rings. The number of benzene rings is 2. The number of aromatic nitrogens is 2. The van der Waals surface area contributed by atoms with Gasteiger partial charge in [0.2, 0.25) is 0 Å². The fourth-order valence-corrected chi connectivity index (χ4v) is 2.23. The van der Waals surface area contributed by atoms with E-state index in [0.29, 0.717) is 22.4 Å². The number of aromatic hydroxyl groups is 1. The van der Waals surface area contributed by atoms with Crippen LogP contribution in [0, 0.1) is 12.7 Å². The average molecular weight is 256 g/mol. The first-order chi connectivity index (χ1) is 9.06. The number of phenolic OH excluding ortho intramolecular Hbond substituents is 1. The zero-order chi connectivity index (χ0) is 13.6. The molecule has 0 aliphatic rings. The Balaban J connectivity index is 2.31. The molecule has 2 aromatic carbocycles. The van der Waals surface area contributed by atoms with E-state index in [0.717, 1.165) is 5.56 Å². The molecule has 0 spiro atoms. The maximum atomic E-state index is 13.3. The summed E-state index contributed by atoms with van der Waals surface area (Å²) in [5, 5.41) is 9.97. The van der Waals surface area contributed by atoms with Crippen LogP contribution in [0.15, 0.2) is 36.4 Å². The Morgan fingerprint density at radius 3 is 2.74 bits per heavy atom. The van der Waals surface area contributed by atoms with Gasteiger partial charge in [0.15, 0.2) is 0 Å². The maximum absolute atomic E-state index is 13.3. The highest BCUT2D eigenvalue weighted by molar-refractivity contribution is 5.82. The van der Waals surface area contributed by atoms with Gasteiger partial charge >= 0.3 is 0 Å². The fraction of sp³-hybridized carbons (Fsp3) is 0.133. The van der Waals surface area contributed by atoms with Gasteiger partial charge in [-0.05, 0) is 37.3 Å². The molecule has 0 saturated heterocycles. The summed E-state index contributed by atoms with van der Waals surface area (Å²) >= 11 is 0. The molecule has 0 unspecified atom stereocenters. The van der Waals surface area contributed by atoms with E-state index in [9.17, 15) is 9.50 Å². The minimum Gasteiger partial charge on any atom is -0.507 e. The van der Waals surface area contributed by atoms with Gasteiger partial charge in [-0.25, -0.2) is 9.37 Å². The third-order valence-electron chi connectivity index (χ3n) is 3.24. The maximum Gasteiger partial charge on any atom is 0.144 e. The number of phenols is 1. The van der Waals surface area contributed by atoms with Crippen LogP contribution in [0.1, 0.15) is 5.56 Å². The predicted molar refractivity (Wildman–Crippen MR) is 72.5 cm³/mol. The van der Waals surface area contributed by atoms with Crippen LogP contribution in [0.3, 0.4) is 0 Å². The van der Waals surface area contributed by atoms with Gasteiger partial charge in [0, 0.05) is 7.05 Å².